The number of amides is 3. The van der Waals surface area contributed by atoms with Crippen molar-refractivity contribution in [1.82, 2.24) is 20.5 Å². The van der Waals surface area contributed by atoms with Crippen molar-refractivity contribution >= 4 is 29.2 Å². The van der Waals surface area contributed by atoms with Crippen LogP contribution < -0.4 is 10.6 Å². The molecule has 1 saturated heterocycles. The highest BCUT2D eigenvalue weighted by atomic mass is 32.1. The highest BCUT2D eigenvalue weighted by molar-refractivity contribution is 7.13. The summed E-state index contributed by atoms with van der Waals surface area (Å²) in [5, 5.41) is 24.6. The van der Waals surface area contributed by atoms with Crippen molar-refractivity contribution < 1.29 is 24.6 Å². The molecular formula is C23H30N4O5S. The SMILES string of the molecule is Cc1ncsc1-c1ccc(C(O)NC(=O)C2CCCN2C(=O)C(NC(=O)O)C(C)(C)C)cc1. The third-order valence-electron chi connectivity index (χ3n) is 5.73. The molecule has 1 aromatic carbocycles. The summed E-state index contributed by atoms with van der Waals surface area (Å²) in [4.78, 5) is 44.0. The summed E-state index contributed by atoms with van der Waals surface area (Å²) >= 11 is 1.53. The normalized spacial score (nSPS) is 18.0. The van der Waals surface area contributed by atoms with E-state index < -0.39 is 41.6 Å². The van der Waals surface area contributed by atoms with Gasteiger partial charge in [-0.2, -0.15) is 0 Å². The van der Waals surface area contributed by atoms with Crippen molar-refractivity contribution in [1.29, 1.82) is 0 Å². The fourth-order valence-corrected chi connectivity index (χ4v) is 4.76. The van der Waals surface area contributed by atoms with Crippen molar-refractivity contribution in [3.05, 3.63) is 41.0 Å². The van der Waals surface area contributed by atoms with Crippen molar-refractivity contribution in [3.63, 3.8) is 0 Å². The molecule has 2 heterocycles. The van der Waals surface area contributed by atoms with Crippen LogP contribution in [0.1, 0.15) is 51.1 Å². The fraction of sp³-hybridized carbons (Fsp3) is 0.478. The number of aliphatic hydroxyl groups is 1. The van der Waals surface area contributed by atoms with E-state index >= 15 is 0 Å². The molecule has 0 radical (unpaired) electrons. The molecule has 9 nitrogen and oxygen atoms in total. The van der Waals surface area contributed by atoms with Gasteiger partial charge in [-0.05, 0) is 30.7 Å². The number of carbonyl (C=O) groups is 3. The van der Waals surface area contributed by atoms with Crippen LogP contribution in [0.25, 0.3) is 10.4 Å². The molecule has 3 amide bonds. The second kappa shape index (κ2) is 9.88. The third-order valence-corrected chi connectivity index (χ3v) is 6.71. The lowest BCUT2D eigenvalue weighted by molar-refractivity contribution is -0.143. The second-order valence-electron chi connectivity index (χ2n) is 9.24. The summed E-state index contributed by atoms with van der Waals surface area (Å²) in [5.74, 6) is -0.917. The quantitative estimate of drug-likeness (QED) is 0.476. The Balaban J connectivity index is 1.69. The van der Waals surface area contributed by atoms with E-state index in [1.165, 1.54) is 16.2 Å². The molecule has 4 N–H and O–H groups in total. The number of nitrogens with zero attached hydrogens (tertiary/aromatic N) is 2. The van der Waals surface area contributed by atoms with Gasteiger partial charge >= 0.3 is 6.09 Å². The van der Waals surface area contributed by atoms with E-state index in [1.807, 2.05) is 19.1 Å². The molecule has 3 rings (SSSR count). The number of nitrogens with one attached hydrogen (secondary N) is 2. The Hall–Kier alpha value is -2.98. The third kappa shape index (κ3) is 5.69. The number of carbonyl (C=O) groups excluding carboxylic acids is 2. The number of likely N-dealkylation sites (tertiary alicyclic amines) is 1. The van der Waals surface area contributed by atoms with Gasteiger partial charge in [0.25, 0.3) is 0 Å². The van der Waals surface area contributed by atoms with Gasteiger partial charge < -0.3 is 25.7 Å². The second-order valence-corrected chi connectivity index (χ2v) is 10.1. The van der Waals surface area contributed by atoms with Gasteiger partial charge in [0.05, 0.1) is 16.1 Å². The first-order valence-corrected chi connectivity index (χ1v) is 11.7. The number of carboxylic acid groups (broad SMARTS) is 1. The number of aliphatic hydroxyl groups excluding tert-OH is 1. The lowest BCUT2D eigenvalue weighted by atomic mass is 9.85. The topological polar surface area (TPSA) is 132 Å². The maximum Gasteiger partial charge on any atom is 0.405 e. The molecule has 1 aromatic heterocycles. The van der Waals surface area contributed by atoms with Crippen LogP contribution in [-0.2, 0) is 9.59 Å². The number of aromatic nitrogens is 1. The van der Waals surface area contributed by atoms with Crippen LogP contribution in [0.3, 0.4) is 0 Å². The number of aryl methyl sites for hydroxylation is 1. The van der Waals surface area contributed by atoms with Crippen LogP contribution in [0.5, 0.6) is 0 Å². The average molecular weight is 475 g/mol. The molecule has 33 heavy (non-hydrogen) atoms. The van der Waals surface area contributed by atoms with E-state index in [1.54, 1.807) is 38.4 Å². The summed E-state index contributed by atoms with van der Waals surface area (Å²) in [6, 6.07) is 5.44. The Labute approximate surface area is 196 Å². The van der Waals surface area contributed by atoms with Gasteiger partial charge in [-0.25, -0.2) is 9.78 Å². The van der Waals surface area contributed by atoms with Gasteiger partial charge in [-0.15, -0.1) is 11.3 Å². The highest BCUT2D eigenvalue weighted by Crippen LogP contribution is 2.29. The van der Waals surface area contributed by atoms with Crippen LogP contribution >= 0.6 is 11.3 Å². The molecule has 0 spiro atoms. The van der Waals surface area contributed by atoms with Crippen LogP contribution in [0, 0.1) is 12.3 Å². The highest BCUT2D eigenvalue weighted by Gasteiger charge is 2.42. The first-order valence-electron chi connectivity index (χ1n) is 10.8. The van der Waals surface area contributed by atoms with Gasteiger partial charge in [-0.3, -0.25) is 9.59 Å². The molecule has 1 aliphatic rings. The smallest absolute Gasteiger partial charge is 0.405 e. The van der Waals surface area contributed by atoms with E-state index in [2.05, 4.69) is 15.6 Å². The molecule has 0 bridgehead atoms. The molecule has 3 unspecified atom stereocenters. The van der Waals surface area contributed by atoms with E-state index in [4.69, 9.17) is 5.11 Å². The minimum absolute atomic E-state index is 0.351. The largest absolute Gasteiger partial charge is 0.465 e. The Morgan fingerprint density at radius 3 is 2.39 bits per heavy atom. The van der Waals surface area contributed by atoms with E-state index in [9.17, 15) is 19.5 Å². The van der Waals surface area contributed by atoms with Gasteiger partial charge in [0.2, 0.25) is 11.8 Å². The number of rotatable bonds is 6. The molecule has 2 aromatic rings. The number of hydrogen-bond acceptors (Lipinski definition) is 6. The van der Waals surface area contributed by atoms with Crippen LogP contribution in [-0.4, -0.2) is 56.6 Å². The lowest BCUT2D eigenvalue weighted by Gasteiger charge is -2.34. The molecule has 178 valence electrons. The van der Waals surface area contributed by atoms with Crippen molar-refractivity contribution in [2.45, 2.75) is 58.8 Å². The van der Waals surface area contributed by atoms with Crippen LogP contribution in [0.15, 0.2) is 29.8 Å². The maximum atomic E-state index is 13.1. The minimum atomic E-state index is -1.30. The molecule has 1 aliphatic heterocycles. The average Bonchev–Trinajstić information content (AvgIpc) is 3.40. The van der Waals surface area contributed by atoms with E-state index in [0.717, 1.165) is 16.1 Å². The zero-order chi connectivity index (χ0) is 24.3. The molecule has 1 fully saturated rings. The van der Waals surface area contributed by atoms with Crippen molar-refractivity contribution in [2.75, 3.05) is 6.54 Å². The van der Waals surface area contributed by atoms with Crippen molar-refractivity contribution in [2.24, 2.45) is 5.41 Å². The fourth-order valence-electron chi connectivity index (χ4n) is 3.95. The Morgan fingerprint density at radius 1 is 1.18 bits per heavy atom. The number of benzene rings is 1. The minimum Gasteiger partial charge on any atom is -0.465 e. The van der Waals surface area contributed by atoms with Crippen molar-refractivity contribution in [3.8, 4) is 10.4 Å². The number of hydrogen-bond donors (Lipinski definition) is 4. The summed E-state index contributed by atoms with van der Waals surface area (Å²) in [6.07, 6.45) is -1.47. The molecule has 0 saturated carbocycles. The van der Waals surface area contributed by atoms with Gasteiger partial charge in [0, 0.05) is 12.1 Å². The predicted molar refractivity (Wildman–Crippen MR) is 125 cm³/mol. The van der Waals surface area contributed by atoms with Gasteiger partial charge in [0.1, 0.15) is 12.1 Å². The van der Waals surface area contributed by atoms with Gasteiger partial charge in [0.15, 0.2) is 6.23 Å². The number of thiazole rings is 1. The summed E-state index contributed by atoms with van der Waals surface area (Å²) in [5.41, 5.74) is 3.53. The zero-order valence-electron chi connectivity index (χ0n) is 19.2. The molecule has 0 aliphatic carbocycles. The first kappa shape index (κ1) is 24.7. The van der Waals surface area contributed by atoms with E-state index in [0.29, 0.717) is 24.9 Å². The predicted octanol–water partition coefficient (Wildman–Crippen LogP) is 2.90. The zero-order valence-corrected chi connectivity index (χ0v) is 20.0. The molecule has 3 atom stereocenters. The Kier molecular flexibility index (Phi) is 7.38. The monoisotopic (exact) mass is 474 g/mol. The summed E-state index contributed by atoms with van der Waals surface area (Å²) in [7, 11) is 0. The Bertz CT molecular complexity index is 1010. The molecule has 10 heteroatoms. The van der Waals surface area contributed by atoms with Crippen LogP contribution in [0.2, 0.25) is 0 Å². The van der Waals surface area contributed by atoms with Gasteiger partial charge in [-0.1, -0.05) is 45.0 Å². The van der Waals surface area contributed by atoms with Crippen LogP contribution in [0.4, 0.5) is 4.79 Å². The standard InChI is InChI=1S/C23H30N4O5S/c1-13-17(33-12-24-13)14-7-9-15(10-8-14)19(28)26-20(29)16-6-5-11-27(16)21(30)18(23(2,3)4)25-22(31)32/h7-10,12,16,18-19,25,28H,5-6,11H2,1-4H3,(H,26,29)(H,31,32). The Morgan fingerprint density at radius 2 is 1.85 bits per heavy atom. The summed E-state index contributed by atoms with van der Waals surface area (Å²) in [6.45, 7) is 7.57. The molecular weight excluding hydrogens is 444 g/mol. The first-order chi connectivity index (χ1) is 15.5. The summed E-state index contributed by atoms with van der Waals surface area (Å²) < 4.78 is 0. The maximum absolute atomic E-state index is 13.1. The van der Waals surface area contributed by atoms with E-state index in [-0.39, 0.29) is 0 Å². The lowest BCUT2D eigenvalue weighted by Crippen LogP contribution is -2.57.